The second-order valence-electron chi connectivity index (χ2n) is 6.07. The molecular weight excluding hydrogens is 300 g/mol. The summed E-state index contributed by atoms with van der Waals surface area (Å²) in [5.74, 6) is 0.260. The molecule has 2 N–H and O–H groups in total. The molecule has 1 amide bonds. The number of hydrogen-bond donors (Lipinski definition) is 2. The predicted molar refractivity (Wildman–Crippen MR) is 88.2 cm³/mol. The van der Waals surface area contributed by atoms with Crippen molar-refractivity contribution in [1.82, 2.24) is 20.2 Å². The van der Waals surface area contributed by atoms with E-state index in [9.17, 15) is 4.79 Å². The van der Waals surface area contributed by atoms with Gasteiger partial charge >= 0.3 is 0 Å². The molecule has 118 valence electrons. The quantitative estimate of drug-likeness (QED) is 0.888. The average molecular weight is 321 g/mol. The topological polar surface area (TPSA) is 61.0 Å². The number of pyridine rings is 1. The Hall–Kier alpha value is -1.59. The first kappa shape index (κ1) is 15.3. The number of nitrogens with one attached hydrogen (secondary N) is 2. The van der Waals surface area contributed by atoms with Crippen LogP contribution in [0.2, 0.25) is 0 Å². The fraction of sp³-hybridized carbons (Fsp3) is 0.500. The molecule has 0 saturated carbocycles. The Morgan fingerprint density at radius 2 is 2.18 bits per heavy atom. The largest absolute Gasteiger partial charge is 0.346 e. The van der Waals surface area contributed by atoms with E-state index in [0.717, 1.165) is 48.9 Å². The second-order valence-corrected chi connectivity index (χ2v) is 6.07. The molecule has 2 aromatic rings. The minimum absolute atomic E-state index is 0. The number of aromatic amines is 1. The average Bonchev–Trinajstić information content (AvgIpc) is 2.99. The van der Waals surface area contributed by atoms with Crippen LogP contribution in [-0.2, 0) is 11.2 Å². The minimum atomic E-state index is 0. The van der Waals surface area contributed by atoms with Crippen molar-refractivity contribution in [2.45, 2.75) is 37.8 Å². The molecule has 4 rings (SSSR count). The third-order valence-corrected chi connectivity index (χ3v) is 4.82. The van der Waals surface area contributed by atoms with Gasteiger partial charge in [0, 0.05) is 36.4 Å². The Morgan fingerprint density at radius 3 is 3.09 bits per heavy atom. The van der Waals surface area contributed by atoms with E-state index in [2.05, 4.69) is 20.2 Å². The highest BCUT2D eigenvalue weighted by atomic mass is 35.5. The molecule has 0 spiro atoms. The summed E-state index contributed by atoms with van der Waals surface area (Å²) < 4.78 is 0. The van der Waals surface area contributed by atoms with Gasteiger partial charge in [0.2, 0.25) is 5.91 Å². The number of carbonyl (C=O) groups is 1. The van der Waals surface area contributed by atoms with Gasteiger partial charge in [-0.15, -0.1) is 12.4 Å². The van der Waals surface area contributed by atoms with E-state index in [4.69, 9.17) is 0 Å². The van der Waals surface area contributed by atoms with Crippen LogP contribution in [0.1, 0.15) is 24.8 Å². The summed E-state index contributed by atoms with van der Waals surface area (Å²) >= 11 is 0. The third-order valence-electron chi connectivity index (χ3n) is 4.82. The standard InChI is InChI=1S/C16H20N4O.ClH/c21-15(20-12-3-4-13(20)10-17-7-5-12)8-11-9-19-16-14(11)2-1-6-18-16;/h1-2,6,9,12-13,17H,3-5,7-8,10H2,(H,18,19);1H. The highest BCUT2D eigenvalue weighted by Crippen LogP contribution is 2.29. The zero-order valence-corrected chi connectivity index (χ0v) is 13.2. The smallest absolute Gasteiger partial charge is 0.227 e. The number of hydrogen-bond acceptors (Lipinski definition) is 3. The first-order valence-electron chi connectivity index (χ1n) is 7.76. The van der Waals surface area contributed by atoms with Crippen molar-refractivity contribution in [3.63, 3.8) is 0 Å². The predicted octanol–water partition coefficient (Wildman–Crippen LogP) is 1.88. The van der Waals surface area contributed by atoms with Gasteiger partial charge in [0.15, 0.2) is 0 Å². The molecule has 2 unspecified atom stereocenters. The van der Waals surface area contributed by atoms with Crippen LogP contribution >= 0.6 is 12.4 Å². The van der Waals surface area contributed by atoms with Crippen molar-refractivity contribution >= 4 is 29.3 Å². The first-order chi connectivity index (χ1) is 10.3. The molecule has 2 aromatic heterocycles. The van der Waals surface area contributed by atoms with Gasteiger partial charge in [-0.3, -0.25) is 4.79 Å². The molecule has 0 radical (unpaired) electrons. The monoisotopic (exact) mass is 320 g/mol. The number of fused-ring (bicyclic) bond motifs is 3. The van der Waals surface area contributed by atoms with E-state index < -0.39 is 0 Å². The Labute approximate surface area is 135 Å². The van der Waals surface area contributed by atoms with E-state index in [1.54, 1.807) is 6.20 Å². The molecular formula is C16H21ClN4O. The summed E-state index contributed by atoms with van der Waals surface area (Å²) in [6, 6.07) is 4.76. The number of rotatable bonds is 2. The molecule has 2 aliphatic rings. The molecule has 5 nitrogen and oxygen atoms in total. The lowest BCUT2D eigenvalue weighted by Gasteiger charge is -2.27. The maximum absolute atomic E-state index is 12.8. The summed E-state index contributed by atoms with van der Waals surface area (Å²) in [6.45, 7) is 1.97. The van der Waals surface area contributed by atoms with Crippen molar-refractivity contribution in [3.8, 4) is 0 Å². The Kier molecular flexibility index (Phi) is 4.36. The van der Waals surface area contributed by atoms with Crippen molar-refractivity contribution in [2.24, 2.45) is 0 Å². The van der Waals surface area contributed by atoms with Crippen LogP contribution in [0.15, 0.2) is 24.5 Å². The first-order valence-corrected chi connectivity index (χ1v) is 7.76. The molecule has 0 aliphatic carbocycles. The van der Waals surface area contributed by atoms with Crippen molar-refractivity contribution in [1.29, 1.82) is 0 Å². The van der Waals surface area contributed by atoms with Gasteiger partial charge < -0.3 is 15.2 Å². The molecule has 6 heteroatoms. The van der Waals surface area contributed by atoms with E-state index >= 15 is 0 Å². The maximum Gasteiger partial charge on any atom is 0.227 e. The van der Waals surface area contributed by atoms with Gasteiger partial charge in [-0.05, 0) is 43.5 Å². The summed E-state index contributed by atoms with van der Waals surface area (Å²) in [6.07, 6.45) is 7.54. The van der Waals surface area contributed by atoms with Crippen LogP contribution < -0.4 is 5.32 Å². The third kappa shape index (κ3) is 2.59. The van der Waals surface area contributed by atoms with E-state index in [0.29, 0.717) is 18.5 Å². The maximum atomic E-state index is 12.8. The van der Waals surface area contributed by atoms with E-state index in [-0.39, 0.29) is 18.3 Å². The van der Waals surface area contributed by atoms with Crippen LogP contribution in [0, 0.1) is 0 Å². The van der Waals surface area contributed by atoms with Gasteiger partial charge in [-0.25, -0.2) is 4.98 Å². The molecule has 0 aromatic carbocycles. The van der Waals surface area contributed by atoms with Crippen LogP contribution in [0.5, 0.6) is 0 Å². The van der Waals surface area contributed by atoms with E-state index in [1.807, 2.05) is 18.3 Å². The number of aromatic nitrogens is 2. The number of amides is 1. The minimum Gasteiger partial charge on any atom is -0.346 e. The van der Waals surface area contributed by atoms with Crippen molar-refractivity contribution in [3.05, 3.63) is 30.1 Å². The SMILES string of the molecule is Cl.O=C(Cc1c[nH]c2ncccc12)N1C2CCNCC1CC2. The van der Waals surface area contributed by atoms with Crippen LogP contribution in [0.3, 0.4) is 0 Å². The highest BCUT2D eigenvalue weighted by Gasteiger charge is 2.37. The second kappa shape index (κ2) is 6.26. The summed E-state index contributed by atoms with van der Waals surface area (Å²) in [7, 11) is 0. The molecule has 2 atom stereocenters. The lowest BCUT2D eigenvalue weighted by Crippen LogP contribution is -2.43. The number of nitrogens with zero attached hydrogens (tertiary/aromatic N) is 2. The fourth-order valence-electron chi connectivity index (χ4n) is 3.80. The number of halogens is 1. The molecule has 2 aliphatic heterocycles. The van der Waals surface area contributed by atoms with Crippen LogP contribution in [0.4, 0.5) is 0 Å². The highest BCUT2D eigenvalue weighted by molar-refractivity contribution is 5.87. The summed E-state index contributed by atoms with van der Waals surface area (Å²) in [4.78, 5) is 22.4. The Bertz CT molecular complexity index is 657. The molecule has 22 heavy (non-hydrogen) atoms. The van der Waals surface area contributed by atoms with Crippen LogP contribution in [0.25, 0.3) is 11.0 Å². The van der Waals surface area contributed by atoms with Gasteiger partial charge in [0.1, 0.15) is 5.65 Å². The number of carbonyl (C=O) groups excluding carboxylic acids is 1. The van der Waals surface area contributed by atoms with Gasteiger partial charge in [-0.2, -0.15) is 0 Å². The molecule has 2 fully saturated rings. The fourth-order valence-corrected chi connectivity index (χ4v) is 3.80. The van der Waals surface area contributed by atoms with Gasteiger partial charge in [0.25, 0.3) is 0 Å². The van der Waals surface area contributed by atoms with Crippen molar-refractivity contribution in [2.75, 3.05) is 13.1 Å². The number of H-pyrrole nitrogens is 1. The Morgan fingerprint density at radius 1 is 1.32 bits per heavy atom. The van der Waals surface area contributed by atoms with Crippen molar-refractivity contribution < 1.29 is 4.79 Å². The molecule has 4 heterocycles. The lowest BCUT2D eigenvalue weighted by atomic mass is 10.1. The summed E-state index contributed by atoms with van der Waals surface area (Å²) in [5, 5.41) is 4.50. The van der Waals surface area contributed by atoms with Crippen LogP contribution in [-0.4, -0.2) is 45.9 Å². The molecule has 2 bridgehead atoms. The van der Waals surface area contributed by atoms with E-state index in [1.165, 1.54) is 0 Å². The zero-order chi connectivity index (χ0) is 14.2. The van der Waals surface area contributed by atoms with Gasteiger partial charge in [-0.1, -0.05) is 0 Å². The molecule has 2 saturated heterocycles. The van der Waals surface area contributed by atoms with Gasteiger partial charge in [0.05, 0.1) is 6.42 Å². The zero-order valence-electron chi connectivity index (χ0n) is 12.4. The Balaban J connectivity index is 0.00000144. The summed E-state index contributed by atoms with van der Waals surface area (Å²) in [5.41, 5.74) is 1.92. The normalized spacial score (nSPS) is 24.1. The lowest BCUT2D eigenvalue weighted by molar-refractivity contribution is -0.133.